The molecule has 2 aromatic rings. The van der Waals surface area contributed by atoms with Crippen molar-refractivity contribution in [2.75, 3.05) is 32.8 Å². The van der Waals surface area contributed by atoms with Crippen LogP contribution < -0.4 is 4.74 Å². The quantitative estimate of drug-likeness (QED) is 0.720. The first kappa shape index (κ1) is 20.9. The highest BCUT2D eigenvalue weighted by Crippen LogP contribution is 2.28. The monoisotopic (exact) mass is 391 g/mol. The van der Waals surface area contributed by atoms with Crippen LogP contribution in [0.5, 0.6) is 5.75 Å². The molecule has 2 aromatic carbocycles. The minimum Gasteiger partial charge on any atom is -0.483 e. The summed E-state index contributed by atoms with van der Waals surface area (Å²) in [6.07, 6.45) is 1.04. The minimum absolute atomic E-state index is 0.0435. The largest absolute Gasteiger partial charge is 0.483 e. The number of carbonyl (C=O) groups excluding carboxylic acids is 1. The molecule has 0 N–H and O–H groups in total. The Labute approximate surface area is 173 Å². The Morgan fingerprint density at radius 3 is 2.45 bits per heavy atom. The van der Waals surface area contributed by atoms with Gasteiger partial charge in [0.25, 0.3) is 5.91 Å². The van der Waals surface area contributed by atoms with Crippen molar-refractivity contribution in [3.63, 3.8) is 0 Å². The van der Waals surface area contributed by atoms with Crippen LogP contribution in [0.1, 0.15) is 42.9 Å². The zero-order chi connectivity index (χ0) is 20.6. The molecule has 1 atom stereocenters. The molecule has 0 spiro atoms. The molecule has 0 bridgehead atoms. The van der Waals surface area contributed by atoms with E-state index in [9.17, 15) is 4.79 Å². The maximum absolute atomic E-state index is 12.6. The lowest BCUT2D eigenvalue weighted by Crippen LogP contribution is -2.49. The SMILES string of the molecule is CCC(C)c1ccccc1OCC(=O)N1CCN(Cc2ccc(C#N)cc2)CC1. The van der Waals surface area contributed by atoms with Crippen molar-refractivity contribution in [2.24, 2.45) is 0 Å². The van der Waals surface area contributed by atoms with E-state index in [1.54, 1.807) is 0 Å². The molecule has 1 fully saturated rings. The van der Waals surface area contributed by atoms with Gasteiger partial charge in [0.2, 0.25) is 0 Å². The predicted octanol–water partition coefficient (Wildman–Crippen LogP) is 3.79. The zero-order valence-electron chi connectivity index (χ0n) is 17.3. The number of nitriles is 1. The number of hydrogen-bond donors (Lipinski definition) is 0. The molecule has 5 heteroatoms. The van der Waals surface area contributed by atoms with E-state index in [2.05, 4.69) is 30.9 Å². The molecule has 3 rings (SSSR count). The van der Waals surface area contributed by atoms with Crippen LogP contribution in [-0.4, -0.2) is 48.5 Å². The molecule has 1 unspecified atom stereocenters. The summed E-state index contributed by atoms with van der Waals surface area (Å²) in [6.45, 7) is 8.37. The molecule has 5 nitrogen and oxygen atoms in total. The fourth-order valence-corrected chi connectivity index (χ4v) is 3.57. The Morgan fingerprint density at radius 1 is 1.10 bits per heavy atom. The minimum atomic E-state index is 0.0435. The lowest BCUT2D eigenvalue weighted by Gasteiger charge is -2.34. The second kappa shape index (κ2) is 10.1. The molecule has 1 amide bonds. The van der Waals surface area contributed by atoms with Gasteiger partial charge in [-0.15, -0.1) is 0 Å². The van der Waals surface area contributed by atoms with Gasteiger partial charge in [0, 0.05) is 32.7 Å². The van der Waals surface area contributed by atoms with Crippen molar-refractivity contribution in [2.45, 2.75) is 32.7 Å². The average Bonchev–Trinajstić information content (AvgIpc) is 2.78. The summed E-state index contributed by atoms with van der Waals surface area (Å²) in [4.78, 5) is 16.8. The van der Waals surface area contributed by atoms with Gasteiger partial charge in [0.15, 0.2) is 6.61 Å². The van der Waals surface area contributed by atoms with E-state index < -0.39 is 0 Å². The second-order valence-corrected chi connectivity index (χ2v) is 7.60. The highest BCUT2D eigenvalue weighted by Gasteiger charge is 2.22. The Hall–Kier alpha value is -2.84. The fraction of sp³-hybridized carbons (Fsp3) is 0.417. The van der Waals surface area contributed by atoms with Crippen LogP contribution in [0.2, 0.25) is 0 Å². The predicted molar refractivity (Wildman–Crippen MR) is 114 cm³/mol. The summed E-state index contributed by atoms with van der Waals surface area (Å²) in [6, 6.07) is 17.8. The number of benzene rings is 2. The van der Waals surface area contributed by atoms with Crippen LogP contribution >= 0.6 is 0 Å². The van der Waals surface area contributed by atoms with Gasteiger partial charge in [-0.2, -0.15) is 5.26 Å². The summed E-state index contributed by atoms with van der Waals surface area (Å²) in [5.74, 6) is 1.27. The maximum atomic E-state index is 12.6. The number of nitrogens with zero attached hydrogens (tertiary/aromatic N) is 3. The molecule has 1 saturated heterocycles. The molecule has 1 heterocycles. The van der Waals surface area contributed by atoms with E-state index in [1.807, 2.05) is 47.4 Å². The standard InChI is InChI=1S/C24H29N3O2/c1-3-19(2)22-6-4-5-7-23(22)29-18-24(28)27-14-12-26(13-15-27)17-21-10-8-20(16-25)9-11-21/h4-11,19H,3,12-15,17-18H2,1-2H3. The number of hydrogen-bond acceptors (Lipinski definition) is 4. The van der Waals surface area contributed by atoms with E-state index in [0.717, 1.165) is 37.4 Å². The molecule has 0 radical (unpaired) electrons. The van der Waals surface area contributed by atoms with Crippen molar-refractivity contribution in [1.82, 2.24) is 9.80 Å². The first-order valence-electron chi connectivity index (χ1n) is 10.3. The first-order valence-corrected chi connectivity index (χ1v) is 10.3. The van der Waals surface area contributed by atoms with Gasteiger partial charge in [0.05, 0.1) is 11.6 Å². The summed E-state index contributed by atoms with van der Waals surface area (Å²) >= 11 is 0. The first-order chi connectivity index (χ1) is 14.1. The second-order valence-electron chi connectivity index (χ2n) is 7.60. The van der Waals surface area contributed by atoms with Crippen LogP contribution in [0.15, 0.2) is 48.5 Å². The fourth-order valence-electron chi connectivity index (χ4n) is 3.57. The Morgan fingerprint density at radius 2 is 1.79 bits per heavy atom. The number of para-hydroxylation sites is 1. The summed E-state index contributed by atoms with van der Waals surface area (Å²) in [5.41, 5.74) is 3.03. The Balaban J connectivity index is 1.47. The maximum Gasteiger partial charge on any atom is 0.260 e. The summed E-state index contributed by atoms with van der Waals surface area (Å²) in [7, 11) is 0. The number of amides is 1. The van der Waals surface area contributed by atoms with Crippen LogP contribution in [0.3, 0.4) is 0 Å². The van der Waals surface area contributed by atoms with Crippen molar-refractivity contribution in [3.8, 4) is 11.8 Å². The molecule has 1 aliphatic heterocycles. The third-order valence-corrected chi connectivity index (χ3v) is 5.63. The lowest BCUT2D eigenvalue weighted by molar-refractivity contribution is -0.135. The highest BCUT2D eigenvalue weighted by atomic mass is 16.5. The topological polar surface area (TPSA) is 56.6 Å². The van der Waals surface area contributed by atoms with Gasteiger partial charge in [0.1, 0.15) is 5.75 Å². The van der Waals surface area contributed by atoms with E-state index in [4.69, 9.17) is 10.00 Å². The smallest absolute Gasteiger partial charge is 0.260 e. The number of ether oxygens (including phenoxy) is 1. The number of carbonyl (C=O) groups is 1. The van der Waals surface area contributed by atoms with Crippen LogP contribution in [0, 0.1) is 11.3 Å². The van der Waals surface area contributed by atoms with Gasteiger partial charge in [-0.25, -0.2) is 0 Å². The van der Waals surface area contributed by atoms with Gasteiger partial charge >= 0.3 is 0 Å². The molecular weight excluding hydrogens is 362 g/mol. The van der Waals surface area contributed by atoms with Crippen molar-refractivity contribution in [1.29, 1.82) is 5.26 Å². The van der Waals surface area contributed by atoms with E-state index in [-0.39, 0.29) is 12.5 Å². The molecule has 0 aromatic heterocycles. The van der Waals surface area contributed by atoms with Crippen LogP contribution in [-0.2, 0) is 11.3 Å². The molecule has 29 heavy (non-hydrogen) atoms. The third kappa shape index (κ3) is 5.58. The molecule has 0 aliphatic carbocycles. The lowest BCUT2D eigenvalue weighted by atomic mass is 9.98. The van der Waals surface area contributed by atoms with Crippen LogP contribution in [0.4, 0.5) is 0 Å². The van der Waals surface area contributed by atoms with Crippen molar-refractivity contribution in [3.05, 3.63) is 65.2 Å². The zero-order valence-corrected chi connectivity index (χ0v) is 17.3. The van der Waals surface area contributed by atoms with Gasteiger partial charge < -0.3 is 9.64 Å². The van der Waals surface area contributed by atoms with E-state index in [0.29, 0.717) is 24.6 Å². The van der Waals surface area contributed by atoms with E-state index in [1.165, 1.54) is 5.56 Å². The molecule has 0 saturated carbocycles. The highest BCUT2D eigenvalue weighted by molar-refractivity contribution is 5.78. The van der Waals surface area contributed by atoms with Gasteiger partial charge in [-0.1, -0.05) is 44.2 Å². The third-order valence-electron chi connectivity index (χ3n) is 5.63. The summed E-state index contributed by atoms with van der Waals surface area (Å²) < 4.78 is 5.89. The van der Waals surface area contributed by atoms with Crippen molar-refractivity contribution < 1.29 is 9.53 Å². The Bertz CT molecular complexity index is 849. The summed E-state index contributed by atoms with van der Waals surface area (Å²) in [5, 5.41) is 8.89. The molecule has 1 aliphatic rings. The van der Waals surface area contributed by atoms with Crippen LogP contribution in [0.25, 0.3) is 0 Å². The molecule has 152 valence electrons. The van der Waals surface area contributed by atoms with Crippen molar-refractivity contribution >= 4 is 5.91 Å². The average molecular weight is 392 g/mol. The Kier molecular flexibility index (Phi) is 7.26. The molecular formula is C24H29N3O2. The number of piperazine rings is 1. The number of rotatable bonds is 7. The van der Waals surface area contributed by atoms with Gasteiger partial charge in [-0.05, 0) is 41.7 Å². The normalized spacial score (nSPS) is 15.6. The van der Waals surface area contributed by atoms with Gasteiger partial charge in [-0.3, -0.25) is 9.69 Å². The van der Waals surface area contributed by atoms with E-state index >= 15 is 0 Å².